The number of rotatable bonds is 8. The van der Waals surface area contributed by atoms with Gasteiger partial charge >= 0.3 is 5.97 Å². The molecule has 0 bridgehead atoms. The molecule has 0 unspecified atom stereocenters. The van der Waals surface area contributed by atoms with E-state index in [1.54, 1.807) is 0 Å². The Labute approximate surface area is 178 Å². The van der Waals surface area contributed by atoms with E-state index >= 15 is 0 Å². The zero-order valence-electron chi connectivity index (χ0n) is 16.4. The van der Waals surface area contributed by atoms with Crippen molar-refractivity contribution in [3.05, 3.63) is 28.3 Å². The number of nitrogens with zero attached hydrogens (tertiary/aromatic N) is 3. The number of benzene rings is 1. The highest BCUT2D eigenvalue weighted by atomic mass is 32.2. The highest BCUT2D eigenvalue weighted by Crippen LogP contribution is 2.24. The summed E-state index contributed by atoms with van der Waals surface area (Å²) in [6.45, 7) is -0.960. The summed E-state index contributed by atoms with van der Waals surface area (Å²) in [5.74, 6) is -1.60. The summed E-state index contributed by atoms with van der Waals surface area (Å²) in [4.78, 5) is 34.8. The molecule has 1 aromatic rings. The fourth-order valence-electron chi connectivity index (χ4n) is 2.64. The van der Waals surface area contributed by atoms with Crippen LogP contribution in [0.15, 0.2) is 23.1 Å². The Morgan fingerprint density at radius 3 is 2.35 bits per heavy atom. The van der Waals surface area contributed by atoms with Gasteiger partial charge in [-0.2, -0.15) is 9.03 Å². The minimum Gasteiger partial charge on any atom is -0.455 e. The molecule has 1 amide bonds. The third-order valence-corrected chi connectivity index (χ3v) is 7.03. The zero-order valence-corrected chi connectivity index (χ0v) is 18.0. The van der Waals surface area contributed by atoms with Gasteiger partial charge in [0, 0.05) is 32.2 Å². The van der Waals surface area contributed by atoms with Crippen LogP contribution < -0.4 is 10.5 Å². The molecule has 14 nitrogen and oxygen atoms in total. The molecule has 1 aromatic carbocycles. The van der Waals surface area contributed by atoms with Crippen LogP contribution in [-0.4, -0.2) is 88.4 Å². The van der Waals surface area contributed by atoms with Crippen LogP contribution in [-0.2, 0) is 34.4 Å². The van der Waals surface area contributed by atoms with Crippen molar-refractivity contribution in [1.82, 2.24) is 13.9 Å². The van der Waals surface area contributed by atoms with Gasteiger partial charge in [0.25, 0.3) is 11.6 Å². The lowest BCUT2D eigenvalue weighted by Gasteiger charge is -2.33. The molecular weight excluding hydrogens is 458 g/mol. The number of nitrogens with one attached hydrogen (secondary N) is 1. The minimum absolute atomic E-state index is 0.117. The van der Waals surface area contributed by atoms with Crippen molar-refractivity contribution in [1.29, 1.82) is 0 Å². The predicted octanol–water partition coefficient (Wildman–Crippen LogP) is -1.90. The average Bonchev–Trinajstić information content (AvgIpc) is 2.70. The van der Waals surface area contributed by atoms with Crippen molar-refractivity contribution in [2.24, 2.45) is 0 Å². The van der Waals surface area contributed by atoms with Crippen LogP contribution in [0.2, 0.25) is 0 Å². The maximum absolute atomic E-state index is 12.2. The van der Waals surface area contributed by atoms with E-state index < -0.39 is 60.6 Å². The van der Waals surface area contributed by atoms with Crippen molar-refractivity contribution in [2.75, 3.05) is 51.3 Å². The quantitative estimate of drug-likeness (QED) is 0.184. The molecule has 1 fully saturated rings. The highest BCUT2D eigenvalue weighted by molar-refractivity contribution is 7.89. The van der Waals surface area contributed by atoms with Crippen LogP contribution in [0.4, 0.5) is 11.4 Å². The number of anilines is 1. The van der Waals surface area contributed by atoms with Gasteiger partial charge in [-0.25, -0.2) is 16.8 Å². The molecule has 2 rings (SSSR count). The number of nitrogen functional groups attached to an aromatic ring is 1. The summed E-state index contributed by atoms with van der Waals surface area (Å²) in [6.07, 6.45) is 1.07. The number of amides is 1. The molecule has 1 heterocycles. The van der Waals surface area contributed by atoms with Crippen molar-refractivity contribution >= 4 is 43.3 Å². The number of nitro benzene ring substituents is 1. The Hall–Kier alpha value is -2.82. The Morgan fingerprint density at radius 2 is 1.81 bits per heavy atom. The molecule has 0 aromatic heterocycles. The second kappa shape index (κ2) is 9.54. The number of hydrogen-bond donors (Lipinski definition) is 2. The standard InChI is InChI=1S/C15H21N5O9S2/c1-30(25,26)19-6-4-18(5-7-19)14(21)10-29-15(22)9-17-31(27,28)11-2-3-12(16)13(8-11)20(23)24/h2-3,8,17H,4-7,9-10,16H2,1H3. The Morgan fingerprint density at radius 1 is 1.19 bits per heavy atom. The number of piperazine rings is 1. The van der Waals surface area contributed by atoms with Crippen molar-refractivity contribution < 1.29 is 36.1 Å². The van der Waals surface area contributed by atoms with E-state index in [4.69, 9.17) is 10.5 Å². The smallest absolute Gasteiger partial charge is 0.321 e. The van der Waals surface area contributed by atoms with Crippen LogP contribution in [0.3, 0.4) is 0 Å². The van der Waals surface area contributed by atoms with E-state index in [0.717, 1.165) is 24.5 Å². The number of nitro groups is 1. The molecule has 1 aliphatic heterocycles. The van der Waals surface area contributed by atoms with E-state index in [0.29, 0.717) is 0 Å². The van der Waals surface area contributed by atoms with Crippen LogP contribution in [0.5, 0.6) is 0 Å². The van der Waals surface area contributed by atoms with Gasteiger partial charge in [-0.3, -0.25) is 19.7 Å². The van der Waals surface area contributed by atoms with Gasteiger partial charge in [0.05, 0.1) is 16.1 Å². The number of carbonyl (C=O) groups excluding carboxylic acids is 2. The van der Waals surface area contributed by atoms with Crippen LogP contribution in [0, 0.1) is 10.1 Å². The van der Waals surface area contributed by atoms with Gasteiger partial charge in [-0.1, -0.05) is 0 Å². The molecule has 31 heavy (non-hydrogen) atoms. The lowest BCUT2D eigenvalue weighted by molar-refractivity contribution is -0.384. The van der Waals surface area contributed by atoms with Gasteiger partial charge in [0.2, 0.25) is 20.0 Å². The molecule has 0 atom stereocenters. The van der Waals surface area contributed by atoms with Crippen LogP contribution in [0.25, 0.3) is 0 Å². The number of nitrogens with two attached hydrogens (primary N) is 1. The van der Waals surface area contributed by atoms with Crippen molar-refractivity contribution in [3.63, 3.8) is 0 Å². The van der Waals surface area contributed by atoms with Gasteiger partial charge < -0.3 is 15.4 Å². The summed E-state index contributed by atoms with van der Waals surface area (Å²) >= 11 is 0. The van der Waals surface area contributed by atoms with E-state index in [1.807, 2.05) is 4.72 Å². The van der Waals surface area contributed by atoms with Gasteiger partial charge in [0.1, 0.15) is 12.2 Å². The SMILES string of the molecule is CS(=O)(=O)N1CCN(C(=O)COC(=O)CNS(=O)(=O)c2ccc(N)c([N+](=O)[O-])c2)CC1. The predicted molar refractivity (Wildman–Crippen MR) is 107 cm³/mol. The molecule has 0 spiro atoms. The number of carbonyl (C=O) groups is 2. The van der Waals surface area contributed by atoms with E-state index in [-0.39, 0.29) is 31.9 Å². The summed E-state index contributed by atoms with van der Waals surface area (Å²) in [5, 5.41) is 10.9. The summed E-state index contributed by atoms with van der Waals surface area (Å²) < 4.78 is 55.2. The van der Waals surface area contributed by atoms with Gasteiger partial charge in [0.15, 0.2) is 6.61 Å². The number of ether oxygens (including phenoxy) is 1. The lowest BCUT2D eigenvalue weighted by Crippen LogP contribution is -2.51. The van der Waals surface area contributed by atoms with Crippen molar-refractivity contribution in [2.45, 2.75) is 4.90 Å². The van der Waals surface area contributed by atoms with E-state index in [1.165, 1.54) is 9.21 Å². The maximum atomic E-state index is 12.2. The molecule has 1 saturated heterocycles. The first-order valence-electron chi connectivity index (χ1n) is 8.73. The summed E-state index contributed by atoms with van der Waals surface area (Å²) in [6, 6.07) is 2.84. The third kappa shape index (κ3) is 6.58. The Balaban J connectivity index is 1.85. The first-order chi connectivity index (χ1) is 14.3. The van der Waals surface area contributed by atoms with Crippen molar-refractivity contribution in [3.8, 4) is 0 Å². The van der Waals surface area contributed by atoms with E-state index in [9.17, 15) is 36.5 Å². The maximum Gasteiger partial charge on any atom is 0.321 e. The topological polar surface area (TPSA) is 199 Å². The fourth-order valence-corrected chi connectivity index (χ4v) is 4.45. The minimum atomic E-state index is -4.28. The van der Waals surface area contributed by atoms with Gasteiger partial charge in [-0.15, -0.1) is 0 Å². The monoisotopic (exact) mass is 479 g/mol. The average molecular weight is 479 g/mol. The zero-order chi connectivity index (χ0) is 23.4. The largest absolute Gasteiger partial charge is 0.455 e. The summed E-state index contributed by atoms with van der Waals surface area (Å²) in [7, 11) is -7.63. The second-order valence-electron chi connectivity index (χ2n) is 6.51. The Bertz CT molecular complexity index is 1080. The first-order valence-corrected chi connectivity index (χ1v) is 12.1. The normalized spacial score (nSPS) is 15.5. The number of esters is 1. The molecule has 0 saturated carbocycles. The molecule has 0 aliphatic carbocycles. The fraction of sp³-hybridized carbons (Fsp3) is 0.467. The summed E-state index contributed by atoms with van der Waals surface area (Å²) in [5.41, 5.74) is 4.59. The molecule has 3 N–H and O–H groups in total. The highest BCUT2D eigenvalue weighted by Gasteiger charge is 2.27. The van der Waals surface area contributed by atoms with Crippen LogP contribution >= 0.6 is 0 Å². The van der Waals surface area contributed by atoms with Gasteiger partial charge in [-0.05, 0) is 12.1 Å². The van der Waals surface area contributed by atoms with Crippen LogP contribution in [0.1, 0.15) is 0 Å². The van der Waals surface area contributed by atoms with E-state index in [2.05, 4.69) is 0 Å². The first kappa shape index (κ1) is 24.4. The number of hydrogen-bond acceptors (Lipinski definition) is 10. The number of sulfonamides is 2. The molecule has 172 valence electrons. The third-order valence-electron chi connectivity index (χ3n) is 4.33. The lowest BCUT2D eigenvalue weighted by atomic mass is 10.3. The molecule has 16 heteroatoms. The molecular formula is C15H21N5O9S2. The Kier molecular flexibility index (Phi) is 7.53. The second-order valence-corrected chi connectivity index (χ2v) is 10.3. The molecule has 0 radical (unpaired) electrons. The molecule has 1 aliphatic rings.